The second-order valence-corrected chi connectivity index (χ2v) is 15.4. The molecule has 3 atom stereocenters. The molecule has 1 saturated heterocycles. The van der Waals surface area contributed by atoms with E-state index in [4.69, 9.17) is 20.0 Å². The van der Waals surface area contributed by atoms with E-state index < -0.39 is 88.0 Å². The van der Waals surface area contributed by atoms with Gasteiger partial charge in [0.2, 0.25) is 6.61 Å². The van der Waals surface area contributed by atoms with E-state index in [0.717, 1.165) is 16.2 Å². The highest BCUT2D eigenvalue weighted by molar-refractivity contribution is 7.86. The minimum atomic E-state index is -2.19. The number of oxime groups is 1. The van der Waals surface area contributed by atoms with E-state index in [1.54, 1.807) is 109 Å². The number of hydrogen-bond donors (Lipinski definition) is 2. The smallest absolute Gasteiger partial charge is 0.356 e. The number of amides is 2. The van der Waals surface area contributed by atoms with Crippen molar-refractivity contribution in [3.63, 3.8) is 0 Å². The van der Waals surface area contributed by atoms with E-state index in [9.17, 15) is 32.2 Å². The second-order valence-electron chi connectivity index (χ2n) is 13.0. The van der Waals surface area contributed by atoms with Gasteiger partial charge in [0.1, 0.15) is 22.8 Å². The Bertz CT molecular complexity index is 2390. The first-order chi connectivity index (χ1) is 28.6. The van der Waals surface area contributed by atoms with E-state index in [0.29, 0.717) is 28.3 Å². The summed E-state index contributed by atoms with van der Waals surface area (Å²) in [5, 5.41) is 6.41. The highest BCUT2D eigenvalue weighted by Crippen LogP contribution is 2.38. The molecule has 0 spiro atoms. The Hall–Kier alpha value is -6.85. The van der Waals surface area contributed by atoms with Crippen LogP contribution in [-0.4, -0.2) is 67.3 Å². The van der Waals surface area contributed by atoms with Gasteiger partial charge in [-0.25, -0.2) is 14.6 Å². The summed E-state index contributed by atoms with van der Waals surface area (Å²) >= 11 is 0.972. The average molecular weight is 838 g/mol. The molecule has 2 unspecified atom stereocenters. The van der Waals surface area contributed by atoms with Crippen molar-refractivity contribution in [1.29, 1.82) is 0 Å². The van der Waals surface area contributed by atoms with Gasteiger partial charge in [0.25, 0.3) is 17.9 Å². The number of anilines is 1. The van der Waals surface area contributed by atoms with Crippen LogP contribution in [0, 0.1) is 0 Å². The molecular weight excluding hydrogens is 805 g/mol. The number of allylic oxidation sites excluding steroid dienone is 1. The topological polar surface area (TPSA) is 180 Å². The first-order valence-corrected chi connectivity index (χ1v) is 20.1. The van der Waals surface area contributed by atoms with Gasteiger partial charge in [0, 0.05) is 17.0 Å². The molecule has 3 heterocycles. The molecule has 59 heavy (non-hydrogen) atoms. The normalized spacial score (nSPS) is 17.5. The number of carbonyl (C=O) groups excluding carboxylic acids is 4. The summed E-state index contributed by atoms with van der Waals surface area (Å²) in [7, 11) is -2.09. The number of aromatic nitrogens is 1. The number of benzene rings is 4. The molecule has 2 amide bonds. The summed E-state index contributed by atoms with van der Waals surface area (Å²) < 4.78 is 52.7. The Morgan fingerprint density at radius 3 is 1.85 bits per heavy atom. The summed E-state index contributed by atoms with van der Waals surface area (Å²) in [6, 6.07) is 33.9. The molecule has 0 radical (unpaired) electrons. The fourth-order valence-electron chi connectivity index (χ4n) is 6.49. The Morgan fingerprint density at radius 2 is 1.37 bits per heavy atom. The zero-order valence-electron chi connectivity index (χ0n) is 30.7. The van der Waals surface area contributed by atoms with Gasteiger partial charge in [-0.3, -0.25) is 18.7 Å². The van der Waals surface area contributed by atoms with E-state index in [1.165, 1.54) is 5.38 Å². The van der Waals surface area contributed by atoms with Gasteiger partial charge in [0.05, 0.1) is 16.6 Å². The molecule has 7 rings (SSSR count). The van der Waals surface area contributed by atoms with Crippen molar-refractivity contribution in [3.8, 4) is 0 Å². The van der Waals surface area contributed by atoms with Gasteiger partial charge in [0.15, 0.2) is 23.1 Å². The summed E-state index contributed by atoms with van der Waals surface area (Å²) in [4.78, 5) is 64.8. The highest BCUT2D eigenvalue weighted by atomic mass is 32.2. The van der Waals surface area contributed by atoms with Crippen LogP contribution in [0.1, 0.15) is 40.2 Å². The molecule has 1 aromatic heterocycles. The molecule has 4 aromatic carbocycles. The summed E-state index contributed by atoms with van der Waals surface area (Å²) in [5.41, 5.74) is 6.86. The number of nitrogen functional groups attached to an aromatic ring is 1. The van der Waals surface area contributed by atoms with Crippen LogP contribution in [0.5, 0.6) is 0 Å². The lowest BCUT2D eigenvalue weighted by Crippen LogP contribution is -2.74. The maximum absolute atomic E-state index is 14.0. The van der Waals surface area contributed by atoms with Crippen molar-refractivity contribution >= 4 is 56.7 Å². The van der Waals surface area contributed by atoms with E-state index in [2.05, 4.69) is 15.5 Å². The maximum atomic E-state index is 14.0. The summed E-state index contributed by atoms with van der Waals surface area (Å²) in [5.74, 6) is -4.48. The van der Waals surface area contributed by atoms with Gasteiger partial charge < -0.3 is 25.4 Å². The first-order valence-electron chi connectivity index (χ1n) is 17.9. The number of nitrogens with one attached hydrogen (secondary N) is 1. The van der Waals surface area contributed by atoms with Crippen LogP contribution in [0.25, 0.3) is 0 Å². The number of hydrogen-bond acceptors (Lipinski definition) is 12. The number of thiazole rings is 1. The van der Waals surface area contributed by atoms with Crippen LogP contribution < -0.4 is 11.1 Å². The molecule has 3 N–H and O–H groups in total. The quantitative estimate of drug-likeness (QED) is 0.0623. The van der Waals surface area contributed by atoms with Crippen molar-refractivity contribution in [2.24, 2.45) is 5.16 Å². The fraction of sp³-hybridized carbons (Fsp3) is 0.143. The number of carbonyl (C=O) groups is 4. The third kappa shape index (κ3) is 9.16. The zero-order valence-corrected chi connectivity index (χ0v) is 32.3. The Balaban J connectivity index is 1.10. The van der Waals surface area contributed by atoms with Gasteiger partial charge in [-0.15, -0.1) is 11.3 Å². The predicted molar refractivity (Wildman–Crippen MR) is 214 cm³/mol. The van der Waals surface area contributed by atoms with E-state index >= 15 is 0 Å². The number of ether oxygens (including phenoxy) is 2. The third-order valence-corrected chi connectivity index (χ3v) is 11.4. The molecule has 17 heteroatoms. The van der Waals surface area contributed by atoms with Crippen LogP contribution in [0.4, 0.5) is 13.9 Å². The Labute approximate surface area is 342 Å². The monoisotopic (exact) mass is 837 g/mol. The molecule has 2 aliphatic heterocycles. The largest absolute Gasteiger partial charge is 0.450 e. The van der Waals surface area contributed by atoms with E-state index in [-0.39, 0.29) is 16.4 Å². The van der Waals surface area contributed by atoms with Crippen LogP contribution >= 0.6 is 11.3 Å². The standard InChI is InChI=1S/C42H33F2N5O8S2/c43-31(44)21-29-24-59(54)40-34(39(52)49(40)35(29)41(53)57-37(27-17-9-3-10-18-27)28-19-11-4-12-20-28)47-38(51)33(30-23-58-42(45)46-30)48-55-22-32(50)56-36(25-13-5-1-6-14-25)26-15-7-2-8-16-26/h1-21,23,34,36-37,40H,22,24H2,(H2,45,46)(H,47,51)/t34?,40-,59?/m1/s1. The summed E-state index contributed by atoms with van der Waals surface area (Å²) in [6.45, 7) is -0.736. The minimum Gasteiger partial charge on any atom is -0.450 e. The molecule has 0 aliphatic carbocycles. The average Bonchev–Trinajstić information content (AvgIpc) is 3.68. The number of rotatable bonds is 14. The number of β-lactam (4-membered cyclic amide) rings is 1. The third-order valence-electron chi connectivity index (χ3n) is 9.12. The fourth-order valence-corrected chi connectivity index (χ4v) is 8.67. The van der Waals surface area contributed by atoms with Gasteiger partial charge in [-0.05, 0) is 22.3 Å². The van der Waals surface area contributed by atoms with Gasteiger partial charge >= 0.3 is 11.9 Å². The first kappa shape index (κ1) is 40.4. The molecule has 1 fully saturated rings. The van der Waals surface area contributed by atoms with Crippen molar-refractivity contribution < 1.29 is 46.5 Å². The summed E-state index contributed by atoms with van der Waals surface area (Å²) in [6.07, 6.45) is -3.60. The minimum absolute atomic E-state index is 0.0611. The number of halogens is 2. The van der Waals surface area contributed by atoms with Gasteiger partial charge in [-0.2, -0.15) is 8.78 Å². The molecular formula is C42H33F2N5O8S2. The van der Waals surface area contributed by atoms with Crippen molar-refractivity contribution in [2.45, 2.75) is 23.6 Å². The van der Waals surface area contributed by atoms with Crippen LogP contribution in [-0.2, 0) is 44.3 Å². The van der Waals surface area contributed by atoms with E-state index in [1.807, 2.05) is 12.1 Å². The molecule has 13 nitrogen and oxygen atoms in total. The predicted octanol–water partition coefficient (Wildman–Crippen LogP) is 5.56. The van der Waals surface area contributed by atoms with Crippen molar-refractivity contribution in [1.82, 2.24) is 15.2 Å². The molecule has 2 aliphatic rings. The molecule has 300 valence electrons. The van der Waals surface area contributed by atoms with Crippen molar-refractivity contribution in [3.05, 3.63) is 178 Å². The van der Waals surface area contributed by atoms with Crippen LogP contribution in [0.2, 0.25) is 0 Å². The lowest BCUT2D eigenvalue weighted by atomic mass is 10.0. The van der Waals surface area contributed by atoms with Gasteiger partial charge in [-0.1, -0.05) is 126 Å². The number of nitrogens with zero attached hydrogens (tertiary/aromatic N) is 3. The number of esters is 2. The second kappa shape index (κ2) is 18.2. The van der Waals surface area contributed by atoms with Crippen LogP contribution in [0.3, 0.4) is 0 Å². The Kier molecular flexibility index (Phi) is 12.4. The molecule has 0 saturated carbocycles. The SMILES string of the molecule is Nc1nc(C(=NOCC(=O)OC(c2ccccc2)c2ccccc2)C(=O)NC2C(=O)N3C(C(=O)OC(c4ccccc4)c4ccccc4)=C(C=C(F)F)CS(=O)[C@H]23)cs1. The number of fused-ring (bicyclic) bond motifs is 1. The maximum Gasteiger partial charge on any atom is 0.356 e. The lowest BCUT2D eigenvalue weighted by molar-refractivity contribution is -0.154. The number of nitrogens with two attached hydrogens (primary N) is 1. The highest BCUT2D eigenvalue weighted by Gasteiger charge is 2.57. The van der Waals surface area contributed by atoms with Crippen LogP contribution in [0.15, 0.2) is 155 Å². The molecule has 5 aromatic rings. The van der Waals surface area contributed by atoms with Crippen molar-refractivity contribution in [2.75, 3.05) is 18.1 Å². The zero-order chi connectivity index (χ0) is 41.5. The molecule has 0 bridgehead atoms. The Morgan fingerprint density at radius 1 is 0.864 bits per heavy atom. The lowest BCUT2D eigenvalue weighted by Gasteiger charge is -2.49.